The molecule has 2 aromatic rings. The van der Waals surface area contributed by atoms with E-state index in [0.29, 0.717) is 18.3 Å². The minimum absolute atomic E-state index is 0.332. The summed E-state index contributed by atoms with van der Waals surface area (Å²) < 4.78 is 10.0. The van der Waals surface area contributed by atoms with Crippen LogP contribution in [0.15, 0.2) is 23.8 Å². The molecule has 7 nitrogen and oxygen atoms in total. The van der Waals surface area contributed by atoms with Crippen LogP contribution in [0.5, 0.6) is 6.01 Å². The number of ether oxygens (including phenoxy) is 2. The van der Waals surface area contributed by atoms with Crippen molar-refractivity contribution in [2.24, 2.45) is 0 Å². The average molecular weight is 308 g/mol. The third-order valence-corrected chi connectivity index (χ3v) is 3.58. The molecular formula is C13H16N4O3S. The minimum Gasteiger partial charge on any atom is -0.464 e. The first-order valence-electron chi connectivity index (χ1n) is 6.35. The minimum atomic E-state index is -0.421. The zero-order valence-electron chi connectivity index (χ0n) is 11.9. The highest BCUT2D eigenvalue weighted by atomic mass is 32.1. The smallest absolute Gasteiger partial charge is 0.357 e. The molecule has 0 unspecified atom stereocenters. The summed E-state index contributed by atoms with van der Waals surface area (Å²) >= 11 is 1.40. The summed E-state index contributed by atoms with van der Waals surface area (Å²) in [5.74, 6) is -0.421. The van der Waals surface area contributed by atoms with E-state index in [2.05, 4.69) is 19.7 Å². The Morgan fingerprint density at radius 3 is 2.86 bits per heavy atom. The topological polar surface area (TPSA) is 77.4 Å². The lowest BCUT2D eigenvalue weighted by Crippen LogP contribution is -2.20. The Labute approximate surface area is 126 Å². The molecule has 0 saturated heterocycles. The summed E-state index contributed by atoms with van der Waals surface area (Å²) in [4.78, 5) is 25.5. The summed E-state index contributed by atoms with van der Waals surface area (Å²) in [6.45, 7) is 1.27. The van der Waals surface area contributed by atoms with Crippen molar-refractivity contribution in [2.45, 2.75) is 6.42 Å². The molecule has 0 saturated carbocycles. The molecule has 112 valence electrons. The van der Waals surface area contributed by atoms with Crippen molar-refractivity contribution in [1.82, 2.24) is 15.0 Å². The van der Waals surface area contributed by atoms with Gasteiger partial charge < -0.3 is 14.4 Å². The zero-order valence-corrected chi connectivity index (χ0v) is 12.7. The van der Waals surface area contributed by atoms with E-state index in [1.807, 2.05) is 11.9 Å². The van der Waals surface area contributed by atoms with Gasteiger partial charge in [-0.1, -0.05) is 0 Å². The lowest BCUT2D eigenvalue weighted by molar-refractivity contribution is 0.0595. The van der Waals surface area contributed by atoms with E-state index in [9.17, 15) is 4.79 Å². The van der Waals surface area contributed by atoms with E-state index in [0.717, 1.165) is 18.1 Å². The van der Waals surface area contributed by atoms with Crippen LogP contribution in [0.3, 0.4) is 0 Å². The third-order valence-electron chi connectivity index (χ3n) is 2.62. The second-order valence-electron chi connectivity index (χ2n) is 4.16. The molecule has 0 fully saturated rings. The summed E-state index contributed by atoms with van der Waals surface area (Å²) in [7, 11) is 3.26. The van der Waals surface area contributed by atoms with Crippen LogP contribution in [0, 0.1) is 0 Å². The van der Waals surface area contributed by atoms with Crippen molar-refractivity contribution < 1.29 is 14.3 Å². The first-order chi connectivity index (χ1) is 10.2. The van der Waals surface area contributed by atoms with Crippen molar-refractivity contribution in [3.05, 3.63) is 29.5 Å². The number of esters is 1. The predicted octanol–water partition coefficient (Wildman–Crippen LogP) is 1.62. The molecule has 0 aliphatic rings. The Bertz CT molecular complexity index is 576. The highest BCUT2D eigenvalue weighted by molar-refractivity contribution is 7.13. The van der Waals surface area contributed by atoms with Crippen molar-refractivity contribution in [3.8, 4) is 6.01 Å². The van der Waals surface area contributed by atoms with E-state index < -0.39 is 5.97 Å². The molecule has 0 radical (unpaired) electrons. The Morgan fingerprint density at radius 2 is 2.14 bits per heavy atom. The molecule has 2 aromatic heterocycles. The average Bonchev–Trinajstić information content (AvgIpc) is 3.01. The molecule has 0 atom stereocenters. The maximum atomic E-state index is 11.3. The van der Waals surface area contributed by atoms with Crippen LogP contribution in [0.4, 0.5) is 5.13 Å². The van der Waals surface area contributed by atoms with Gasteiger partial charge in [0.15, 0.2) is 10.8 Å². The van der Waals surface area contributed by atoms with Gasteiger partial charge in [0.1, 0.15) is 0 Å². The predicted molar refractivity (Wildman–Crippen MR) is 78.9 cm³/mol. The number of aromatic nitrogens is 3. The normalized spacial score (nSPS) is 10.2. The van der Waals surface area contributed by atoms with Crippen LogP contribution in [0.25, 0.3) is 0 Å². The Kier molecular flexibility index (Phi) is 5.44. The second-order valence-corrected chi connectivity index (χ2v) is 5.00. The van der Waals surface area contributed by atoms with Crippen molar-refractivity contribution in [3.63, 3.8) is 0 Å². The maximum absolute atomic E-state index is 11.3. The van der Waals surface area contributed by atoms with Crippen molar-refractivity contribution >= 4 is 22.4 Å². The number of hydrogen-bond acceptors (Lipinski definition) is 8. The SMILES string of the molecule is COC(=O)c1csc(N(C)CCCOc2ncccn2)n1. The third kappa shape index (κ3) is 4.38. The number of thiazole rings is 1. The van der Waals surface area contributed by atoms with E-state index >= 15 is 0 Å². The van der Waals surface area contributed by atoms with Gasteiger partial charge in [-0.25, -0.2) is 19.7 Å². The summed E-state index contributed by atoms with van der Waals surface area (Å²) in [6.07, 6.45) is 4.07. The van der Waals surface area contributed by atoms with Gasteiger partial charge in [-0.15, -0.1) is 11.3 Å². The quantitative estimate of drug-likeness (QED) is 0.568. The molecule has 0 spiro atoms. The number of carbonyl (C=O) groups excluding carboxylic acids is 1. The lowest BCUT2D eigenvalue weighted by atomic mass is 10.4. The number of carbonyl (C=O) groups is 1. The van der Waals surface area contributed by atoms with Crippen LogP contribution in [0.1, 0.15) is 16.9 Å². The van der Waals surface area contributed by atoms with Crippen LogP contribution in [0.2, 0.25) is 0 Å². The van der Waals surface area contributed by atoms with Gasteiger partial charge in [0.05, 0.1) is 13.7 Å². The van der Waals surface area contributed by atoms with E-state index in [1.54, 1.807) is 23.8 Å². The van der Waals surface area contributed by atoms with Crippen molar-refractivity contribution in [2.75, 3.05) is 32.2 Å². The van der Waals surface area contributed by atoms with Crippen LogP contribution < -0.4 is 9.64 Å². The molecule has 8 heteroatoms. The molecule has 0 N–H and O–H groups in total. The van der Waals surface area contributed by atoms with E-state index in [-0.39, 0.29) is 0 Å². The van der Waals surface area contributed by atoms with Gasteiger partial charge in [-0.2, -0.15) is 0 Å². The van der Waals surface area contributed by atoms with Crippen molar-refractivity contribution in [1.29, 1.82) is 0 Å². The van der Waals surface area contributed by atoms with Crippen LogP contribution in [-0.4, -0.2) is 48.2 Å². The number of rotatable bonds is 7. The first kappa shape index (κ1) is 15.2. The molecule has 2 rings (SSSR count). The molecule has 0 aromatic carbocycles. The summed E-state index contributed by atoms with van der Waals surface area (Å²) in [6, 6.07) is 2.12. The first-order valence-corrected chi connectivity index (χ1v) is 7.23. The van der Waals surface area contributed by atoms with Gasteiger partial charge >= 0.3 is 12.0 Å². The summed E-state index contributed by atoms with van der Waals surface area (Å²) in [5.41, 5.74) is 0.332. The standard InChI is InChI=1S/C13H16N4O3S/c1-17(13-16-10(9-21-13)11(18)19-2)7-4-8-20-12-14-5-3-6-15-12/h3,5-6,9H,4,7-8H2,1-2H3. The number of anilines is 1. The molecule has 21 heavy (non-hydrogen) atoms. The highest BCUT2D eigenvalue weighted by Gasteiger charge is 2.12. The fourth-order valence-electron chi connectivity index (χ4n) is 1.56. The number of nitrogens with zero attached hydrogens (tertiary/aromatic N) is 4. The second kappa shape index (κ2) is 7.53. The highest BCUT2D eigenvalue weighted by Crippen LogP contribution is 2.19. The lowest BCUT2D eigenvalue weighted by Gasteiger charge is -2.15. The zero-order chi connectivity index (χ0) is 15.1. The molecule has 0 aliphatic carbocycles. The number of methoxy groups -OCH3 is 1. The van der Waals surface area contributed by atoms with Gasteiger partial charge in [-0.05, 0) is 12.5 Å². The molecule has 2 heterocycles. The van der Waals surface area contributed by atoms with E-state index in [4.69, 9.17) is 4.74 Å². The summed E-state index contributed by atoms with van der Waals surface area (Å²) in [5, 5.41) is 2.46. The molecule has 0 bridgehead atoms. The maximum Gasteiger partial charge on any atom is 0.357 e. The Hall–Kier alpha value is -2.22. The van der Waals surface area contributed by atoms with Gasteiger partial charge in [0.25, 0.3) is 0 Å². The van der Waals surface area contributed by atoms with Crippen LogP contribution >= 0.6 is 11.3 Å². The van der Waals surface area contributed by atoms with Crippen LogP contribution in [-0.2, 0) is 4.74 Å². The fraction of sp³-hybridized carbons (Fsp3) is 0.385. The molecule has 0 amide bonds. The van der Waals surface area contributed by atoms with E-state index in [1.165, 1.54) is 18.4 Å². The number of hydrogen-bond donors (Lipinski definition) is 0. The Morgan fingerprint density at radius 1 is 1.38 bits per heavy atom. The van der Waals surface area contributed by atoms with Gasteiger partial charge in [0.2, 0.25) is 0 Å². The molecular weight excluding hydrogens is 292 g/mol. The fourth-order valence-corrected chi connectivity index (χ4v) is 2.35. The monoisotopic (exact) mass is 308 g/mol. The van der Waals surface area contributed by atoms with Gasteiger partial charge in [0, 0.05) is 31.4 Å². The van der Waals surface area contributed by atoms with Gasteiger partial charge in [-0.3, -0.25) is 0 Å². The largest absolute Gasteiger partial charge is 0.464 e. The Balaban J connectivity index is 1.75. The molecule has 0 aliphatic heterocycles.